The summed E-state index contributed by atoms with van der Waals surface area (Å²) in [5, 5.41) is 9.02. The van der Waals surface area contributed by atoms with E-state index in [4.69, 9.17) is 15.6 Å². The lowest BCUT2D eigenvalue weighted by molar-refractivity contribution is -0.165. The minimum absolute atomic E-state index is 0.400. The highest BCUT2D eigenvalue weighted by Crippen LogP contribution is 2.27. The van der Waals surface area contributed by atoms with E-state index in [-0.39, 0.29) is 0 Å². The van der Waals surface area contributed by atoms with E-state index in [1.54, 1.807) is 45.0 Å². The molecule has 1 atom stereocenters. The first-order chi connectivity index (χ1) is 9.04. The largest absolute Gasteiger partial charge is 0.481 e. The molecule has 0 fully saturated rings. The molecule has 0 spiro atoms. The van der Waals surface area contributed by atoms with Crippen molar-refractivity contribution in [3.8, 4) is 0 Å². The third-order valence-electron chi connectivity index (χ3n) is 2.55. The zero-order valence-electron chi connectivity index (χ0n) is 11.6. The van der Waals surface area contributed by atoms with Gasteiger partial charge in [-0.1, -0.05) is 28.1 Å². The summed E-state index contributed by atoms with van der Waals surface area (Å²) in [5.41, 5.74) is 4.00. The molecular weight excluding hydrogens is 326 g/mol. The Labute approximate surface area is 126 Å². The van der Waals surface area contributed by atoms with Gasteiger partial charge in [0, 0.05) is 4.47 Å². The van der Waals surface area contributed by atoms with Gasteiger partial charge in [0.15, 0.2) is 5.54 Å². The molecule has 0 saturated heterocycles. The van der Waals surface area contributed by atoms with Crippen LogP contribution in [0.3, 0.4) is 0 Å². The molecule has 0 aliphatic rings. The fourth-order valence-corrected chi connectivity index (χ4v) is 1.91. The number of aliphatic carboxylic acids is 1. The first-order valence-corrected chi connectivity index (χ1v) is 6.84. The van der Waals surface area contributed by atoms with Gasteiger partial charge in [0.1, 0.15) is 5.60 Å². The highest BCUT2D eigenvalue weighted by atomic mass is 79.9. The third-order valence-corrected chi connectivity index (χ3v) is 3.08. The van der Waals surface area contributed by atoms with E-state index in [0.29, 0.717) is 5.56 Å². The second-order valence-electron chi connectivity index (χ2n) is 5.55. The molecule has 0 aliphatic heterocycles. The molecule has 0 radical (unpaired) electrons. The molecule has 0 heterocycles. The van der Waals surface area contributed by atoms with E-state index in [9.17, 15) is 9.59 Å². The minimum atomic E-state index is -1.71. The van der Waals surface area contributed by atoms with Gasteiger partial charge in [0.2, 0.25) is 0 Å². The molecule has 1 rings (SSSR count). The van der Waals surface area contributed by atoms with E-state index in [0.717, 1.165) is 4.47 Å². The number of carbonyl (C=O) groups is 2. The van der Waals surface area contributed by atoms with Crippen LogP contribution in [0.1, 0.15) is 32.8 Å². The van der Waals surface area contributed by atoms with Gasteiger partial charge in [-0.15, -0.1) is 0 Å². The standard InChI is InChI=1S/C14H18BrNO4/c1-13(2,3)20-12(19)14(16,8-11(17)18)9-4-6-10(15)7-5-9/h4-7H,8,16H2,1-3H3,(H,17,18)/t14-/m0/s1. The van der Waals surface area contributed by atoms with Gasteiger partial charge < -0.3 is 15.6 Å². The van der Waals surface area contributed by atoms with Crippen LogP contribution in [-0.2, 0) is 19.9 Å². The van der Waals surface area contributed by atoms with Gasteiger partial charge in [-0.25, -0.2) is 4.79 Å². The average Bonchev–Trinajstić information content (AvgIpc) is 2.26. The minimum Gasteiger partial charge on any atom is -0.481 e. The van der Waals surface area contributed by atoms with Crippen LogP contribution >= 0.6 is 15.9 Å². The van der Waals surface area contributed by atoms with Gasteiger partial charge in [-0.2, -0.15) is 0 Å². The Bertz CT molecular complexity index is 507. The predicted octanol–water partition coefficient (Wildman–Crippen LogP) is 2.42. The number of halogens is 1. The quantitative estimate of drug-likeness (QED) is 0.819. The maximum atomic E-state index is 12.3. The van der Waals surface area contributed by atoms with Crippen LogP contribution in [0.4, 0.5) is 0 Å². The Morgan fingerprint density at radius 3 is 2.15 bits per heavy atom. The molecule has 0 bridgehead atoms. The van der Waals surface area contributed by atoms with E-state index in [1.807, 2.05) is 0 Å². The number of benzene rings is 1. The van der Waals surface area contributed by atoms with Gasteiger partial charge in [0.25, 0.3) is 0 Å². The zero-order chi connectivity index (χ0) is 15.6. The van der Waals surface area contributed by atoms with Crippen molar-refractivity contribution in [3.63, 3.8) is 0 Å². The number of carboxylic acids is 1. The third kappa shape index (κ3) is 4.31. The molecule has 20 heavy (non-hydrogen) atoms. The number of rotatable bonds is 4. The molecule has 1 aromatic rings. The SMILES string of the molecule is CC(C)(C)OC(=O)[C@](N)(CC(=O)O)c1ccc(Br)cc1. The van der Waals surface area contributed by atoms with Crippen LogP contribution < -0.4 is 5.73 Å². The van der Waals surface area contributed by atoms with Crippen LogP contribution in [0, 0.1) is 0 Å². The van der Waals surface area contributed by atoms with Gasteiger partial charge in [-0.3, -0.25) is 4.79 Å². The molecule has 1 aromatic carbocycles. The van der Waals surface area contributed by atoms with Gasteiger partial charge >= 0.3 is 11.9 Å². The second-order valence-corrected chi connectivity index (χ2v) is 6.47. The Morgan fingerprint density at radius 1 is 1.25 bits per heavy atom. The molecular formula is C14H18BrNO4. The molecule has 0 aliphatic carbocycles. The first kappa shape index (κ1) is 16.7. The Kier molecular flexibility index (Phi) is 4.94. The maximum Gasteiger partial charge on any atom is 0.331 e. The number of hydrogen-bond donors (Lipinski definition) is 2. The lowest BCUT2D eigenvalue weighted by Crippen LogP contribution is -2.49. The highest BCUT2D eigenvalue weighted by Gasteiger charge is 2.41. The van der Waals surface area contributed by atoms with Gasteiger partial charge in [0.05, 0.1) is 6.42 Å². The zero-order valence-corrected chi connectivity index (χ0v) is 13.2. The summed E-state index contributed by atoms with van der Waals surface area (Å²) in [7, 11) is 0. The van der Waals surface area contributed by atoms with Crippen LogP contribution in [0.15, 0.2) is 28.7 Å². The van der Waals surface area contributed by atoms with Crippen LogP contribution in [-0.4, -0.2) is 22.6 Å². The molecule has 0 amide bonds. The van der Waals surface area contributed by atoms with E-state index >= 15 is 0 Å². The highest BCUT2D eigenvalue weighted by molar-refractivity contribution is 9.10. The molecule has 0 saturated carbocycles. The lowest BCUT2D eigenvalue weighted by Gasteiger charge is -2.30. The number of carboxylic acid groups (broad SMARTS) is 1. The van der Waals surface area contributed by atoms with Crippen molar-refractivity contribution in [1.82, 2.24) is 0 Å². The number of nitrogens with two attached hydrogens (primary N) is 1. The summed E-state index contributed by atoms with van der Waals surface area (Å²) in [4.78, 5) is 23.3. The summed E-state index contributed by atoms with van der Waals surface area (Å²) in [6.07, 6.45) is -0.538. The van der Waals surface area contributed by atoms with Crippen molar-refractivity contribution in [3.05, 3.63) is 34.3 Å². The number of carbonyl (C=O) groups excluding carboxylic acids is 1. The smallest absolute Gasteiger partial charge is 0.331 e. The van der Waals surface area contributed by atoms with Crippen LogP contribution in [0.25, 0.3) is 0 Å². The van der Waals surface area contributed by atoms with Crippen molar-refractivity contribution in [2.45, 2.75) is 38.3 Å². The molecule has 6 heteroatoms. The van der Waals surface area contributed by atoms with E-state index in [2.05, 4.69) is 15.9 Å². The lowest BCUT2D eigenvalue weighted by atomic mass is 9.87. The normalized spacial score (nSPS) is 14.4. The fourth-order valence-electron chi connectivity index (χ4n) is 1.65. The van der Waals surface area contributed by atoms with Crippen molar-refractivity contribution in [1.29, 1.82) is 0 Å². The topological polar surface area (TPSA) is 89.6 Å². The Hall–Kier alpha value is -1.40. The summed E-state index contributed by atoms with van der Waals surface area (Å²) in [6.45, 7) is 5.11. The summed E-state index contributed by atoms with van der Waals surface area (Å²) in [5.74, 6) is -1.92. The second kappa shape index (κ2) is 5.93. The van der Waals surface area contributed by atoms with Crippen molar-refractivity contribution in [2.24, 2.45) is 5.73 Å². The molecule has 0 unspecified atom stereocenters. The van der Waals surface area contributed by atoms with E-state index < -0.39 is 29.5 Å². The van der Waals surface area contributed by atoms with Crippen molar-refractivity contribution >= 4 is 27.9 Å². The maximum absolute atomic E-state index is 12.3. The van der Waals surface area contributed by atoms with Gasteiger partial charge in [-0.05, 0) is 38.5 Å². The predicted molar refractivity (Wildman–Crippen MR) is 78.1 cm³/mol. The number of hydrogen-bond acceptors (Lipinski definition) is 4. The number of esters is 1. The fraction of sp³-hybridized carbons (Fsp3) is 0.429. The van der Waals surface area contributed by atoms with E-state index in [1.165, 1.54) is 0 Å². The average molecular weight is 344 g/mol. The molecule has 3 N–H and O–H groups in total. The summed E-state index contributed by atoms with van der Waals surface area (Å²) in [6, 6.07) is 6.61. The van der Waals surface area contributed by atoms with Crippen LogP contribution in [0.2, 0.25) is 0 Å². The number of ether oxygens (including phenoxy) is 1. The Morgan fingerprint density at radius 2 is 1.75 bits per heavy atom. The monoisotopic (exact) mass is 343 g/mol. The van der Waals surface area contributed by atoms with Crippen molar-refractivity contribution in [2.75, 3.05) is 0 Å². The summed E-state index contributed by atoms with van der Waals surface area (Å²) < 4.78 is 6.06. The Balaban J connectivity index is 3.18. The van der Waals surface area contributed by atoms with Crippen LogP contribution in [0.5, 0.6) is 0 Å². The summed E-state index contributed by atoms with van der Waals surface area (Å²) >= 11 is 3.28. The molecule has 5 nitrogen and oxygen atoms in total. The van der Waals surface area contributed by atoms with Crippen molar-refractivity contribution < 1.29 is 19.4 Å². The first-order valence-electron chi connectivity index (χ1n) is 6.05. The molecule has 0 aromatic heterocycles. The molecule has 110 valence electrons.